The molecule has 0 aliphatic carbocycles. The van der Waals surface area contributed by atoms with E-state index in [0.29, 0.717) is 28.4 Å². The molecule has 4 aromatic rings. The summed E-state index contributed by atoms with van der Waals surface area (Å²) in [6, 6.07) is 16.4. The monoisotopic (exact) mass is 431 g/mol. The quantitative estimate of drug-likeness (QED) is 0.311. The van der Waals surface area contributed by atoms with E-state index in [9.17, 15) is 19.7 Å². The number of benzene rings is 3. The van der Waals surface area contributed by atoms with Gasteiger partial charge in [-0.3, -0.25) is 19.7 Å². The van der Waals surface area contributed by atoms with Crippen molar-refractivity contribution in [2.45, 2.75) is 0 Å². The number of rotatable bonds is 6. The normalized spacial score (nSPS) is 10.5. The summed E-state index contributed by atoms with van der Waals surface area (Å²) in [5.74, 6) is 0.101. The van der Waals surface area contributed by atoms with E-state index in [4.69, 9.17) is 4.74 Å². The van der Waals surface area contributed by atoms with E-state index in [1.54, 1.807) is 48.5 Å². The molecule has 32 heavy (non-hydrogen) atoms. The molecule has 0 bridgehead atoms. The third-order valence-corrected chi connectivity index (χ3v) is 4.72. The van der Waals surface area contributed by atoms with Gasteiger partial charge in [0.25, 0.3) is 17.2 Å². The number of hydrogen-bond donors (Lipinski definition) is 3. The molecule has 0 spiro atoms. The van der Waals surface area contributed by atoms with E-state index >= 15 is 0 Å². The van der Waals surface area contributed by atoms with Gasteiger partial charge in [0.1, 0.15) is 5.75 Å². The van der Waals surface area contributed by atoms with Gasteiger partial charge in [0, 0.05) is 17.4 Å². The topological polar surface area (TPSA) is 139 Å². The molecule has 10 nitrogen and oxygen atoms in total. The van der Waals surface area contributed by atoms with Gasteiger partial charge in [0.2, 0.25) is 0 Å². The third-order valence-electron chi connectivity index (χ3n) is 4.72. The number of nitrogens with one attached hydrogen (secondary N) is 3. The number of nitrogens with zero attached hydrogens (tertiary/aromatic N) is 2. The number of anilines is 3. The first-order valence-corrected chi connectivity index (χ1v) is 9.44. The molecule has 0 radical (unpaired) electrons. The molecule has 10 heteroatoms. The molecule has 4 rings (SSSR count). The molecule has 0 aliphatic rings. The summed E-state index contributed by atoms with van der Waals surface area (Å²) in [6.07, 6.45) is 1.12. The van der Waals surface area contributed by atoms with Gasteiger partial charge in [-0.05, 0) is 36.4 Å². The Labute approximate surface area is 181 Å². The van der Waals surface area contributed by atoms with Crippen molar-refractivity contribution in [2.24, 2.45) is 0 Å². The highest BCUT2D eigenvalue weighted by Crippen LogP contribution is 2.30. The first-order chi connectivity index (χ1) is 15.5. The lowest BCUT2D eigenvalue weighted by Gasteiger charge is -2.12. The van der Waals surface area contributed by atoms with Crippen LogP contribution in [0.4, 0.5) is 22.7 Å². The zero-order valence-corrected chi connectivity index (χ0v) is 16.8. The molecule has 3 N–H and O–H groups in total. The molecule has 0 aliphatic heterocycles. The van der Waals surface area contributed by atoms with Crippen molar-refractivity contribution < 1.29 is 14.5 Å². The fraction of sp³-hybridized carbons (Fsp3) is 0.0455. The van der Waals surface area contributed by atoms with Gasteiger partial charge in [-0.2, -0.15) is 0 Å². The van der Waals surface area contributed by atoms with Gasteiger partial charge in [-0.15, -0.1) is 0 Å². The number of carbonyl (C=O) groups is 1. The first-order valence-electron chi connectivity index (χ1n) is 9.44. The lowest BCUT2D eigenvalue weighted by molar-refractivity contribution is -0.383. The Balaban J connectivity index is 1.65. The standard InChI is InChI=1S/C22H17N5O5/c1-32-18-8-3-2-7-15(18)21(28)26-14-6-4-5-13(11-14)25-16-9-10-17(27(30)31)20-19(16)22(29)24-12-23-20/h2-12,25H,1H3,(H,26,28)(H,23,24,29). The van der Waals surface area contributed by atoms with Gasteiger partial charge in [0.15, 0.2) is 5.52 Å². The van der Waals surface area contributed by atoms with E-state index in [1.165, 1.54) is 19.2 Å². The maximum atomic E-state index is 12.7. The molecule has 1 amide bonds. The lowest BCUT2D eigenvalue weighted by Crippen LogP contribution is -2.13. The maximum Gasteiger partial charge on any atom is 0.295 e. The van der Waals surface area contributed by atoms with Crippen LogP contribution in [0, 0.1) is 10.1 Å². The Morgan fingerprint density at radius 3 is 2.66 bits per heavy atom. The second-order valence-electron chi connectivity index (χ2n) is 6.70. The Morgan fingerprint density at radius 2 is 1.88 bits per heavy atom. The van der Waals surface area contributed by atoms with Gasteiger partial charge in [-0.1, -0.05) is 18.2 Å². The van der Waals surface area contributed by atoms with Crippen LogP contribution in [-0.4, -0.2) is 27.9 Å². The average molecular weight is 431 g/mol. The molecule has 3 aromatic carbocycles. The number of aromatic nitrogens is 2. The third kappa shape index (κ3) is 3.97. The highest BCUT2D eigenvalue weighted by atomic mass is 16.6. The maximum absolute atomic E-state index is 12.7. The zero-order chi connectivity index (χ0) is 22.7. The number of hydrogen-bond acceptors (Lipinski definition) is 7. The van der Waals surface area contributed by atoms with E-state index in [0.717, 1.165) is 6.33 Å². The number of amides is 1. The van der Waals surface area contributed by atoms with Crippen LogP contribution in [0.3, 0.4) is 0 Å². The van der Waals surface area contributed by atoms with E-state index in [1.807, 2.05) is 0 Å². The summed E-state index contributed by atoms with van der Waals surface area (Å²) in [4.78, 5) is 42.1. The fourth-order valence-corrected chi connectivity index (χ4v) is 3.28. The summed E-state index contributed by atoms with van der Waals surface area (Å²) < 4.78 is 5.23. The highest BCUT2D eigenvalue weighted by molar-refractivity contribution is 6.06. The van der Waals surface area contributed by atoms with Crippen LogP contribution in [0.25, 0.3) is 10.9 Å². The predicted octanol–water partition coefficient (Wildman–Crippen LogP) is 3.84. The second kappa shape index (κ2) is 8.56. The molecular weight excluding hydrogens is 414 g/mol. The fourth-order valence-electron chi connectivity index (χ4n) is 3.28. The molecule has 160 valence electrons. The van der Waals surface area contributed by atoms with Crippen molar-refractivity contribution in [1.82, 2.24) is 9.97 Å². The van der Waals surface area contributed by atoms with Crippen molar-refractivity contribution in [1.29, 1.82) is 0 Å². The smallest absolute Gasteiger partial charge is 0.295 e. The number of non-ortho nitro benzene ring substituents is 1. The Morgan fingerprint density at radius 1 is 1.09 bits per heavy atom. The summed E-state index contributed by atoms with van der Waals surface area (Å²) in [5.41, 5.74) is 0.978. The van der Waals surface area contributed by atoms with Crippen LogP contribution in [-0.2, 0) is 0 Å². The largest absolute Gasteiger partial charge is 0.496 e. The Kier molecular flexibility index (Phi) is 5.49. The van der Waals surface area contributed by atoms with Crippen molar-refractivity contribution in [2.75, 3.05) is 17.7 Å². The van der Waals surface area contributed by atoms with Crippen LogP contribution >= 0.6 is 0 Å². The van der Waals surface area contributed by atoms with E-state index < -0.39 is 10.5 Å². The minimum absolute atomic E-state index is 0.0237. The second-order valence-corrected chi connectivity index (χ2v) is 6.70. The van der Waals surface area contributed by atoms with Crippen LogP contribution in [0.5, 0.6) is 5.75 Å². The number of methoxy groups -OCH3 is 1. The molecule has 0 fully saturated rings. The van der Waals surface area contributed by atoms with Gasteiger partial charge < -0.3 is 20.4 Å². The predicted molar refractivity (Wildman–Crippen MR) is 120 cm³/mol. The molecule has 0 saturated carbocycles. The minimum atomic E-state index is -0.591. The SMILES string of the molecule is COc1ccccc1C(=O)Nc1cccc(Nc2ccc([N+](=O)[O-])c3nc[nH]c(=O)c23)c1. The first kappa shape index (κ1) is 20.5. The number of para-hydroxylation sites is 1. The molecule has 1 heterocycles. The molecular formula is C22H17N5O5. The number of nitro groups is 1. The van der Waals surface area contributed by atoms with Gasteiger partial charge in [0.05, 0.1) is 35.0 Å². The van der Waals surface area contributed by atoms with E-state index in [-0.39, 0.29) is 22.5 Å². The van der Waals surface area contributed by atoms with Crippen molar-refractivity contribution >= 4 is 39.6 Å². The number of aromatic amines is 1. The Hall–Kier alpha value is -4.73. The molecule has 0 atom stereocenters. The van der Waals surface area contributed by atoms with E-state index in [2.05, 4.69) is 20.6 Å². The van der Waals surface area contributed by atoms with Crippen LogP contribution in [0.2, 0.25) is 0 Å². The average Bonchev–Trinajstić information content (AvgIpc) is 2.79. The molecule has 1 aromatic heterocycles. The Bertz CT molecular complexity index is 1400. The molecule has 0 saturated heterocycles. The van der Waals surface area contributed by atoms with Crippen LogP contribution in [0.15, 0.2) is 71.8 Å². The van der Waals surface area contributed by atoms with Crippen molar-refractivity contribution in [3.8, 4) is 5.75 Å². The minimum Gasteiger partial charge on any atom is -0.496 e. The number of fused-ring (bicyclic) bond motifs is 1. The lowest BCUT2D eigenvalue weighted by atomic mass is 10.1. The van der Waals surface area contributed by atoms with Crippen LogP contribution < -0.4 is 20.9 Å². The summed E-state index contributed by atoms with van der Waals surface area (Å²) in [5, 5.41) is 17.2. The number of H-pyrrole nitrogens is 1. The van der Waals surface area contributed by atoms with Crippen molar-refractivity contribution in [3.05, 3.63) is 93.0 Å². The van der Waals surface area contributed by atoms with Crippen molar-refractivity contribution in [3.63, 3.8) is 0 Å². The summed E-state index contributed by atoms with van der Waals surface area (Å²) >= 11 is 0. The zero-order valence-electron chi connectivity index (χ0n) is 16.8. The van der Waals surface area contributed by atoms with Gasteiger partial charge >= 0.3 is 0 Å². The molecule has 0 unspecified atom stereocenters. The summed E-state index contributed by atoms with van der Waals surface area (Å²) in [6.45, 7) is 0. The summed E-state index contributed by atoms with van der Waals surface area (Å²) in [7, 11) is 1.49. The number of carbonyl (C=O) groups excluding carboxylic acids is 1. The van der Waals surface area contributed by atoms with Crippen LogP contribution in [0.1, 0.15) is 10.4 Å². The number of ether oxygens (including phenoxy) is 1. The number of nitro benzene ring substituents is 1. The highest BCUT2D eigenvalue weighted by Gasteiger charge is 2.18. The van der Waals surface area contributed by atoms with Gasteiger partial charge in [-0.25, -0.2) is 4.98 Å².